The van der Waals surface area contributed by atoms with Gasteiger partial charge in [-0.25, -0.2) is 0 Å². The minimum atomic E-state index is -2.49. The second kappa shape index (κ2) is 10.7. The summed E-state index contributed by atoms with van der Waals surface area (Å²) in [6.45, 7) is 10.2. The van der Waals surface area contributed by atoms with Crippen molar-refractivity contribution in [2.24, 2.45) is 0 Å². The summed E-state index contributed by atoms with van der Waals surface area (Å²) in [5.41, 5.74) is 0. The van der Waals surface area contributed by atoms with Crippen LogP contribution in [0.15, 0.2) is 0 Å². The normalized spacial score (nSPS) is 12.9. The molecule has 0 saturated heterocycles. The van der Waals surface area contributed by atoms with Crippen molar-refractivity contribution in [3.63, 3.8) is 0 Å². The zero-order valence-electron chi connectivity index (χ0n) is 14.0. The van der Waals surface area contributed by atoms with Crippen molar-refractivity contribution in [3.8, 4) is 0 Å². The third-order valence-corrected chi connectivity index (χ3v) is 6.41. The van der Waals surface area contributed by atoms with E-state index in [1.807, 2.05) is 20.8 Å². The Morgan fingerprint density at radius 2 is 1.30 bits per heavy atom. The molecule has 0 aromatic rings. The molecule has 0 spiro atoms. The van der Waals surface area contributed by atoms with Gasteiger partial charge >= 0.3 is 8.80 Å². The third kappa shape index (κ3) is 8.34. The van der Waals surface area contributed by atoms with Crippen LogP contribution in [0.5, 0.6) is 0 Å². The molecule has 0 bridgehead atoms. The van der Waals surface area contributed by atoms with E-state index in [-0.39, 0.29) is 6.61 Å². The first-order valence-electron chi connectivity index (χ1n) is 7.80. The Bertz CT molecular complexity index is 222. The minimum absolute atomic E-state index is 0.261. The van der Waals surface area contributed by atoms with Gasteiger partial charge in [-0.15, -0.1) is 0 Å². The molecule has 0 radical (unpaired) electrons. The van der Waals surface area contributed by atoms with Crippen molar-refractivity contribution < 1.29 is 22.9 Å². The van der Waals surface area contributed by atoms with Gasteiger partial charge in [0, 0.05) is 45.3 Å². The van der Waals surface area contributed by atoms with Crippen LogP contribution < -0.4 is 0 Å². The van der Waals surface area contributed by atoms with Crippen molar-refractivity contribution in [2.75, 3.05) is 53.6 Å². The molecule has 122 valence electrons. The van der Waals surface area contributed by atoms with Crippen LogP contribution in [0.2, 0.25) is 6.04 Å². The average Bonchev–Trinajstić information content (AvgIpc) is 2.37. The first-order chi connectivity index (χ1) is 9.45. The van der Waals surface area contributed by atoms with Crippen LogP contribution >= 0.6 is 0 Å². The molecule has 0 aliphatic heterocycles. The molecular formula is C14H34NO4Si+. The lowest BCUT2D eigenvalue weighted by Crippen LogP contribution is -2.48. The Morgan fingerprint density at radius 1 is 0.850 bits per heavy atom. The highest BCUT2D eigenvalue weighted by atomic mass is 28.4. The Kier molecular flexibility index (Phi) is 10.7. The number of aliphatic hydroxyl groups is 1. The van der Waals surface area contributed by atoms with Gasteiger partial charge < -0.3 is 22.9 Å². The molecule has 5 nitrogen and oxygen atoms in total. The Labute approximate surface area is 125 Å². The van der Waals surface area contributed by atoms with Gasteiger partial charge in [-0.1, -0.05) is 0 Å². The highest BCUT2D eigenvalue weighted by Crippen LogP contribution is 2.19. The van der Waals surface area contributed by atoms with Gasteiger partial charge in [0.15, 0.2) is 0 Å². The molecule has 0 saturated carbocycles. The van der Waals surface area contributed by atoms with Gasteiger partial charge in [0.1, 0.15) is 0 Å². The molecule has 0 unspecified atom stereocenters. The fourth-order valence-corrected chi connectivity index (χ4v) is 4.93. The zero-order valence-corrected chi connectivity index (χ0v) is 15.0. The van der Waals surface area contributed by atoms with Gasteiger partial charge in [-0.05, 0) is 20.8 Å². The molecule has 0 rings (SSSR count). The summed E-state index contributed by atoms with van der Waals surface area (Å²) in [5, 5.41) is 8.93. The summed E-state index contributed by atoms with van der Waals surface area (Å²) in [7, 11) is 1.90. The minimum Gasteiger partial charge on any atom is -0.396 e. The van der Waals surface area contributed by atoms with E-state index in [4.69, 9.17) is 18.4 Å². The molecule has 0 atom stereocenters. The van der Waals surface area contributed by atoms with E-state index < -0.39 is 8.80 Å². The van der Waals surface area contributed by atoms with Crippen LogP contribution in [0, 0.1) is 0 Å². The fraction of sp³-hybridized carbons (Fsp3) is 1.00. The molecule has 0 fully saturated rings. The first-order valence-corrected chi connectivity index (χ1v) is 9.73. The Hall–Kier alpha value is 0.0169. The predicted molar refractivity (Wildman–Crippen MR) is 83.6 cm³/mol. The van der Waals surface area contributed by atoms with Crippen molar-refractivity contribution in [1.29, 1.82) is 0 Å². The van der Waals surface area contributed by atoms with Gasteiger partial charge in [0.05, 0.1) is 27.2 Å². The van der Waals surface area contributed by atoms with E-state index in [1.54, 1.807) is 0 Å². The molecule has 6 heteroatoms. The van der Waals surface area contributed by atoms with E-state index in [0.29, 0.717) is 19.8 Å². The topological polar surface area (TPSA) is 47.9 Å². The summed E-state index contributed by atoms with van der Waals surface area (Å²) < 4.78 is 18.5. The largest absolute Gasteiger partial charge is 0.501 e. The maximum atomic E-state index is 8.93. The monoisotopic (exact) mass is 308 g/mol. The SMILES string of the molecule is CCO[Si](CCC[N+](C)(C)CCCO)(OCC)OCC. The maximum absolute atomic E-state index is 8.93. The zero-order chi connectivity index (χ0) is 15.5. The lowest BCUT2D eigenvalue weighted by atomic mass is 10.3. The summed E-state index contributed by atoms with van der Waals surface area (Å²) in [5.74, 6) is 0. The Balaban J connectivity index is 4.36. The number of hydrogen-bond acceptors (Lipinski definition) is 4. The smallest absolute Gasteiger partial charge is 0.396 e. The predicted octanol–water partition coefficient (Wildman–Crippen LogP) is 1.88. The third-order valence-electron chi connectivity index (χ3n) is 3.26. The quantitative estimate of drug-likeness (QED) is 0.417. The highest BCUT2D eigenvalue weighted by Gasteiger charge is 2.40. The summed E-state index contributed by atoms with van der Waals surface area (Å²) in [6, 6.07) is 0.864. The van der Waals surface area contributed by atoms with Gasteiger partial charge in [-0.2, -0.15) is 0 Å². The van der Waals surface area contributed by atoms with E-state index in [0.717, 1.165) is 36.5 Å². The van der Waals surface area contributed by atoms with Crippen molar-refractivity contribution >= 4 is 8.80 Å². The second-order valence-corrected chi connectivity index (χ2v) is 8.28. The van der Waals surface area contributed by atoms with Crippen molar-refractivity contribution in [2.45, 2.75) is 39.7 Å². The van der Waals surface area contributed by atoms with E-state index >= 15 is 0 Å². The number of hydrogen-bond donors (Lipinski definition) is 1. The lowest BCUT2D eigenvalue weighted by Gasteiger charge is -2.32. The standard InChI is InChI=1S/C14H34NO4Si/c1-6-17-20(18-7-2,19-8-3)14-10-12-15(4,5)11-9-13-16/h16H,6-14H2,1-5H3/q+1. The molecule has 0 aliphatic carbocycles. The van der Waals surface area contributed by atoms with Crippen LogP contribution in [0.1, 0.15) is 33.6 Å². The number of aliphatic hydroxyl groups excluding tert-OH is 1. The molecular weight excluding hydrogens is 274 g/mol. The Morgan fingerprint density at radius 3 is 1.70 bits per heavy atom. The van der Waals surface area contributed by atoms with Crippen LogP contribution in [-0.2, 0) is 13.3 Å². The molecule has 0 heterocycles. The molecule has 0 aliphatic rings. The van der Waals surface area contributed by atoms with E-state index in [1.165, 1.54) is 0 Å². The van der Waals surface area contributed by atoms with Crippen LogP contribution in [0.4, 0.5) is 0 Å². The summed E-state index contributed by atoms with van der Waals surface area (Å²) in [6.07, 6.45) is 1.86. The summed E-state index contributed by atoms with van der Waals surface area (Å²) >= 11 is 0. The maximum Gasteiger partial charge on any atom is 0.501 e. The van der Waals surface area contributed by atoms with Gasteiger partial charge in [-0.3, -0.25) is 0 Å². The molecule has 0 aromatic carbocycles. The van der Waals surface area contributed by atoms with Crippen molar-refractivity contribution in [3.05, 3.63) is 0 Å². The number of nitrogens with zero attached hydrogens (tertiary/aromatic N) is 1. The van der Waals surface area contributed by atoms with Crippen LogP contribution in [0.25, 0.3) is 0 Å². The fourth-order valence-electron chi connectivity index (χ4n) is 2.34. The molecule has 0 amide bonds. The molecule has 1 N–H and O–H groups in total. The average molecular weight is 309 g/mol. The van der Waals surface area contributed by atoms with Crippen LogP contribution in [0.3, 0.4) is 0 Å². The van der Waals surface area contributed by atoms with Crippen molar-refractivity contribution in [1.82, 2.24) is 0 Å². The van der Waals surface area contributed by atoms with E-state index in [9.17, 15) is 0 Å². The molecule has 20 heavy (non-hydrogen) atoms. The second-order valence-electron chi connectivity index (χ2n) is 5.55. The first kappa shape index (κ1) is 20.0. The van der Waals surface area contributed by atoms with Crippen LogP contribution in [-0.4, -0.2) is 72.0 Å². The van der Waals surface area contributed by atoms with E-state index in [2.05, 4.69) is 14.1 Å². The lowest BCUT2D eigenvalue weighted by molar-refractivity contribution is -0.890. The van der Waals surface area contributed by atoms with Gasteiger partial charge in [0.2, 0.25) is 0 Å². The molecule has 0 aromatic heterocycles. The van der Waals surface area contributed by atoms with Gasteiger partial charge in [0.25, 0.3) is 0 Å². The number of quaternary nitrogens is 1. The number of rotatable bonds is 13. The summed E-state index contributed by atoms with van der Waals surface area (Å²) in [4.78, 5) is 0. The highest BCUT2D eigenvalue weighted by molar-refractivity contribution is 6.60.